The molecule has 0 spiro atoms. The first-order valence-electron chi connectivity index (χ1n) is 6.09. The third-order valence-electron chi connectivity index (χ3n) is 2.89. The molecule has 0 heterocycles. The van der Waals surface area contributed by atoms with Crippen LogP contribution in [-0.2, 0) is 6.61 Å². The number of hydrogen-bond donors (Lipinski definition) is 2. The van der Waals surface area contributed by atoms with Crippen LogP contribution in [0.25, 0.3) is 0 Å². The summed E-state index contributed by atoms with van der Waals surface area (Å²) in [4.78, 5) is 11.0. The Kier molecular flexibility index (Phi) is 4.70. The molecule has 2 rings (SSSR count). The molecule has 2 aromatic carbocycles. The number of carboxylic acids is 1. The van der Waals surface area contributed by atoms with Gasteiger partial charge in [-0.25, -0.2) is 4.79 Å². The summed E-state index contributed by atoms with van der Waals surface area (Å²) < 4.78 is 11.8. The normalized spacial score (nSPS) is 10.2. The van der Waals surface area contributed by atoms with Crippen molar-refractivity contribution < 1.29 is 19.4 Å². The number of aromatic carboxylic acids is 1. The van der Waals surface area contributed by atoms with Gasteiger partial charge < -0.3 is 20.3 Å². The maximum atomic E-state index is 11.0. The van der Waals surface area contributed by atoms with E-state index in [1.165, 1.54) is 12.1 Å². The van der Waals surface area contributed by atoms with Gasteiger partial charge in [0.15, 0.2) is 0 Å². The highest BCUT2D eigenvalue weighted by atomic mass is 79.9. The zero-order valence-electron chi connectivity index (χ0n) is 11.3. The Labute approximate surface area is 130 Å². The summed E-state index contributed by atoms with van der Waals surface area (Å²) in [6.07, 6.45) is 0. The standard InChI is InChI=1S/C15H14BrNO4/c1-20-14-5-2-10(16)6-9(14)8-21-11-3-4-13(17)12(7-11)15(18)19/h2-7H,8,17H2,1H3,(H,18,19). The molecule has 3 N–H and O–H groups in total. The average molecular weight is 352 g/mol. The van der Waals surface area contributed by atoms with Gasteiger partial charge in [-0.3, -0.25) is 0 Å². The van der Waals surface area contributed by atoms with Crippen LogP contribution in [0.15, 0.2) is 40.9 Å². The average Bonchev–Trinajstić information content (AvgIpc) is 2.46. The molecule has 0 unspecified atom stereocenters. The van der Waals surface area contributed by atoms with E-state index in [0.717, 1.165) is 10.0 Å². The predicted octanol–water partition coefficient (Wildman–Crippen LogP) is 3.32. The SMILES string of the molecule is COc1ccc(Br)cc1COc1ccc(N)c(C(=O)O)c1. The number of nitrogens with two attached hydrogens (primary N) is 1. The Balaban J connectivity index is 2.19. The summed E-state index contributed by atoms with van der Waals surface area (Å²) in [6.45, 7) is 0.256. The van der Waals surface area contributed by atoms with E-state index in [0.29, 0.717) is 11.5 Å². The number of halogens is 1. The minimum absolute atomic E-state index is 0.0220. The molecule has 0 aliphatic rings. The van der Waals surface area contributed by atoms with Crippen molar-refractivity contribution in [3.63, 3.8) is 0 Å². The van der Waals surface area contributed by atoms with Crippen molar-refractivity contribution in [3.05, 3.63) is 52.0 Å². The summed E-state index contributed by atoms with van der Waals surface area (Å²) in [6, 6.07) is 10.1. The van der Waals surface area contributed by atoms with Crippen molar-refractivity contribution in [1.82, 2.24) is 0 Å². The molecule has 0 saturated heterocycles. The van der Waals surface area contributed by atoms with Gasteiger partial charge in [-0.1, -0.05) is 15.9 Å². The number of carbonyl (C=O) groups is 1. The van der Waals surface area contributed by atoms with Crippen molar-refractivity contribution in [3.8, 4) is 11.5 Å². The molecule has 0 aromatic heterocycles. The van der Waals surface area contributed by atoms with Crippen LogP contribution in [0.1, 0.15) is 15.9 Å². The topological polar surface area (TPSA) is 81.8 Å². The number of rotatable bonds is 5. The van der Waals surface area contributed by atoms with Gasteiger partial charge in [0.2, 0.25) is 0 Å². The minimum Gasteiger partial charge on any atom is -0.496 e. The van der Waals surface area contributed by atoms with Gasteiger partial charge in [0.1, 0.15) is 18.1 Å². The van der Waals surface area contributed by atoms with E-state index < -0.39 is 5.97 Å². The second kappa shape index (κ2) is 6.49. The Morgan fingerprint density at radius 2 is 2.05 bits per heavy atom. The molecule has 0 bridgehead atoms. The van der Waals surface area contributed by atoms with E-state index in [2.05, 4.69) is 15.9 Å². The van der Waals surface area contributed by atoms with E-state index in [1.807, 2.05) is 18.2 Å². The molecular formula is C15H14BrNO4. The van der Waals surface area contributed by atoms with Crippen LogP contribution in [0, 0.1) is 0 Å². The number of methoxy groups -OCH3 is 1. The van der Waals surface area contributed by atoms with E-state index in [4.69, 9.17) is 20.3 Å². The molecule has 110 valence electrons. The van der Waals surface area contributed by atoms with Crippen LogP contribution >= 0.6 is 15.9 Å². The van der Waals surface area contributed by atoms with Crippen molar-refractivity contribution >= 4 is 27.6 Å². The van der Waals surface area contributed by atoms with Crippen molar-refractivity contribution in [2.24, 2.45) is 0 Å². The van der Waals surface area contributed by atoms with Gasteiger partial charge in [0.25, 0.3) is 0 Å². The van der Waals surface area contributed by atoms with Gasteiger partial charge in [-0.05, 0) is 36.4 Å². The number of anilines is 1. The fourth-order valence-electron chi connectivity index (χ4n) is 1.83. The zero-order valence-corrected chi connectivity index (χ0v) is 12.9. The highest BCUT2D eigenvalue weighted by Gasteiger charge is 2.10. The van der Waals surface area contributed by atoms with Crippen LogP contribution in [0.3, 0.4) is 0 Å². The molecule has 0 aliphatic heterocycles. The molecule has 2 aromatic rings. The van der Waals surface area contributed by atoms with Gasteiger partial charge in [-0.2, -0.15) is 0 Å². The number of hydrogen-bond acceptors (Lipinski definition) is 4. The number of nitrogen functional groups attached to an aromatic ring is 1. The van der Waals surface area contributed by atoms with Gasteiger partial charge in [0.05, 0.1) is 12.7 Å². The van der Waals surface area contributed by atoms with Crippen molar-refractivity contribution in [2.75, 3.05) is 12.8 Å². The largest absolute Gasteiger partial charge is 0.496 e. The summed E-state index contributed by atoms with van der Waals surface area (Å²) in [5.74, 6) is 0.0497. The smallest absolute Gasteiger partial charge is 0.337 e. The second-order valence-corrected chi connectivity index (χ2v) is 5.21. The number of benzene rings is 2. The quantitative estimate of drug-likeness (QED) is 0.807. The van der Waals surface area contributed by atoms with Gasteiger partial charge >= 0.3 is 5.97 Å². The Hall–Kier alpha value is -2.21. The van der Waals surface area contributed by atoms with Crippen LogP contribution in [0.5, 0.6) is 11.5 Å². The Morgan fingerprint density at radius 3 is 2.71 bits per heavy atom. The maximum Gasteiger partial charge on any atom is 0.337 e. The summed E-state index contributed by atoms with van der Waals surface area (Å²) >= 11 is 3.39. The Bertz CT molecular complexity index is 673. The highest BCUT2D eigenvalue weighted by Crippen LogP contribution is 2.26. The first kappa shape index (κ1) is 15.2. The molecule has 0 aliphatic carbocycles. The lowest BCUT2D eigenvalue weighted by molar-refractivity contribution is 0.0697. The molecular weight excluding hydrogens is 338 g/mol. The van der Waals surface area contributed by atoms with Crippen LogP contribution in [0.4, 0.5) is 5.69 Å². The van der Waals surface area contributed by atoms with E-state index >= 15 is 0 Å². The second-order valence-electron chi connectivity index (χ2n) is 4.30. The molecule has 0 fully saturated rings. The molecule has 0 atom stereocenters. The van der Waals surface area contributed by atoms with Crippen LogP contribution in [-0.4, -0.2) is 18.2 Å². The van der Waals surface area contributed by atoms with Gasteiger partial charge in [0, 0.05) is 15.7 Å². The van der Waals surface area contributed by atoms with Crippen LogP contribution < -0.4 is 15.2 Å². The summed E-state index contributed by atoms with van der Waals surface area (Å²) in [5.41, 5.74) is 6.67. The lowest BCUT2D eigenvalue weighted by Gasteiger charge is -2.11. The lowest BCUT2D eigenvalue weighted by atomic mass is 10.1. The fourth-order valence-corrected chi connectivity index (χ4v) is 2.24. The predicted molar refractivity (Wildman–Crippen MR) is 82.8 cm³/mol. The first-order valence-corrected chi connectivity index (χ1v) is 6.88. The number of ether oxygens (including phenoxy) is 2. The molecule has 21 heavy (non-hydrogen) atoms. The molecule has 0 amide bonds. The molecule has 0 radical (unpaired) electrons. The fraction of sp³-hybridized carbons (Fsp3) is 0.133. The van der Waals surface area contributed by atoms with E-state index in [-0.39, 0.29) is 17.9 Å². The van der Waals surface area contributed by atoms with Gasteiger partial charge in [-0.15, -0.1) is 0 Å². The Morgan fingerprint density at radius 1 is 1.29 bits per heavy atom. The van der Waals surface area contributed by atoms with E-state index in [9.17, 15) is 4.79 Å². The molecule has 6 heteroatoms. The summed E-state index contributed by atoms with van der Waals surface area (Å²) in [5, 5.41) is 9.03. The van der Waals surface area contributed by atoms with E-state index in [1.54, 1.807) is 13.2 Å². The molecule has 5 nitrogen and oxygen atoms in total. The number of carboxylic acid groups (broad SMARTS) is 1. The molecule has 0 saturated carbocycles. The highest BCUT2D eigenvalue weighted by molar-refractivity contribution is 9.10. The third kappa shape index (κ3) is 3.66. The van der Waals surface area contributed by atoms with Crippen LogP contribution in [0.2, 0.25) is 0 Å². The maximum absolute atomic E-state index is 11.0. The van der Waals surface area contributed by atoms with Crippen molar-refractivity contribution in [1.29, 1.82) is 0 Å². The minimum atomic E-state index is -1.09. The third-order valence-corrected chi connectivity index (χ3v) is 3.39. The monoisotopic (exact) mass is 351 g/mol. The lowest BCUT2D eigenvalue weighted by Crippen LogP contribution is -2.04. The zero-order chi connectivity index (χ0) is 15.4. The van der Waals surface area contributed by atoms with Crippen molar-refractivity contribution in [2.45, 2.75) is 6.61 Å². The summed E-state index contributed by atoms with van der Waals surface area (Å²) in [7, 11) is 1.58. The first-order chi connectivity index (χ1) is 10.0.